The Labute approximate surface area is 183 Å². The monoisotopic (exact) mass is 490 g/mol. The highest BCUT2D eigenvalue weighted by molar-refractivity contribution is 9.10. The molecule has 0 atom stereocenters. The van der Waals surface area contributed by atoms with Crippen LogP contribution in [-0.2, 0) is 4.79 Å². The maximum absolute atomic E-state index is 12.0. The number of urea groups is 1. The molecule has 3 amide bonds. The van der Waals surface area contributed by atoms with Crippen molar-refractivity contribution in [2.45, 2.75) is 5.22 Å². The van der Waals surface area contributed by atoms with Gasteiger partial charge in [-0.1, -0.05) is 23.9 Å². The number of hydrogen-bond donors (Lipinski definition) is 2. The molecule has 2 heterocycles. The molecule has 4 rings (SSSR count). The van der Waals surface area contributed by atoms with Gasteiger partial charge in [-0.2, -0.15) is 0 Å². The van der Waals surface area contributed by atoms with Crippen LogP contribution in [0.2, 0.25) is 0 Å². The number of thioether (sulfide) groups is 1. The highest BCUT2D eigenvalue weighted by Gasteiger charge is 2.16. The molecule has 0 fully saturated rings. The molecule has 0 radical (unpaired) electrons. The summed E-state index contributed by atoms with van der Waals surface area (Å²) in [5.41, 5.74) is 1.23. The predicted molar refractivity (Wildman–Crippen MR) is 113 cm³/mol. The molecule has 1 aliphatic rings. The van der Waals surface area contributed by atoms with Crippen molar-refractivity contribution in [1.29, 1.82) is 0 Å². The minimum atomic E-state index is -0.656. The number of fused-ring (bicyclic) bond motifs is 1. The van der Waals surface area contributed by atoms with Crippen LogP contribution in [-0.4, -0.2) is 41.1 Å². The predicted octanol–water partition coefficient (Wildman–Crippen LogP) is 3.71. The third kappa shape index (κ3) is 4.92. The van der Waals surface area contributed by atoms with Crippen LogP contribution in [0.15, 0.2) is 56.6 Å². The lowest BCUT2D eigenvalue weighted by molar-refractivity contribution is -0.117. The second-order valence-corrected chi connectivity index (χ2v) is 7.78. The summed E-state index contributed by atoms with van der Waals surface area (Å²) in [4.78, 5) is 24.1. The van der Waals surface area contributed by atoms with Crippen LogP contribution in [0, 0.1) is 0 Å². The van der Waals surface area contributed by atoms with E-state index in [2.05, 4.69) is 36.8 Å². The first-order valence-electron chi connectivity index (χ1n) is 8.80. The number of anilines is 1. The molecule has 0 saturated carbocycles. The summed E-state index contributed by atoms with van der Waals surface area (Å²) in [6, 6.07) is 11.8. The van der Waals surface area contributed by atoms with Crippen molar-refractivity contribution in [3.8, 4) is 23.0 Å². The van der Waals surface area contributed by atoms with Crippen LogP contribution in [0.5, 0.6) is 11.5 Å². The molecule has 1 aliphatic heterocycles. The fourth-order valence-electron chi connectivity index (χ4n) is 2.59. The second-order valence-electron chi connectivity index (χ2n) is 6.00. The van der Waals surface area contributed by atoms with Crippen LogP contribution < -0.4 is 20.1 Å². The third-order valence-electron chi connectivity index (χ3n) is 3.89. The van der Waals surface area contributed by atoms with Gasteiger partial charge in [0.25, 0.3) is 5.22 Å². The number of rotatable bonds is 5. The van der Waals surface area contributed by atoms with Crippen molar-refractivity contribution in [2.24, 2.45) is 0 Å². The van der Waals surface area contributed by atoms with Crippen LogP contribution in [0.3, 0.4) is 0 Å². The molecular weight excluding hydrogens is 476 g/mol. The van der Waals surface area contributed by atoms with Gasteiger partial charge in [-0.05, 0) is 40.2 Å². The summed E-state index contributed by atoms with van der Waals surface area (Å²) < 4.78 is 17.3. The molecule has 0 saturated heterocycles. The number of hydrogen-bond acceptors (Lipinski definition) is 8. The van der Waals surface area contributed by atoms with E-state index in [9.17, 15) is 9.59 Å². The topological polar surface area (TPSA) is 116 Å². The molecule has 3 aromatic rings. The zero-order valence-electron chi connectivity index (χ0n) is 15.4. The molecular formula is C19H15BrN4O5S. The van der Waals surface area contributed by atoms with Gasteiger partial charge in [0, 0.05) is 16.2 Å². The lowest BCUT2D eigenvalue weighted by Crippen LogP contribution is -2.35. The number of aromatic nitrogens is 2. The minimum absolute atomic E-state index is 0.0633. The third-order valence-corrected chi connectivity index (χ3v) is 5.40. The standard InChI is InChI=1S/C19H15BrN4O5S/c20-13-4-2-1-3-12(13)17-23-24-19(29-17)30-10-16(25)22-18(26)21-11-5-6-14-15(9-11)28-8-7-27-14/h1-6,9H,7-8,10H2,(H2,21,22,25,26). The van der Waals surface area contributed by atoms with Crippen LogP contribution in [0.4, 0.5) is 10.5 Å². The van der Waals surface area contributed by atoms with E-state index in [-0.39, 0.29) is 11.0 Å². The van der Waals surface area contributed by atoms with E-state index < -0.39 is 11.9 Å². The van der Waals surface area contributed by atoms with Crippen molar-refractivity contribution in [2.75, 3.05) is 24.3 Å². The average molecular weight is 491 g/mol. The maximum atomic E-state index is 12.0. The van der Waals surface area contributed by atoms with E-state index in [4.69, 9.17) is 13.9 Å². The summed E-state index contributed by atoms with van der Waals surface area (Å²) in [6.45, 7) is 0.924. The van der Waals surface area contributed by atoms with Gasteiger partial charge < -0.3 is 19.2 Å². The van der Waals surface area contributed by atoms with Crippen molar-refractivity contribution in [3.05, 3.63) is 46.9 Å². The minimum Gasteiger partial charge on any atom is -0.486 e. The maximum Gasteiger partial charge on any atom is 0.325 e. The number of benzene rings is 2. The van der Waals surface area contributed by atoms with Crippen molar-refractivity contribution >= 4 is 45.3 Å². The molecule has 154 valence electrons. The first kappa shape index (κ1) is 20.2. The molecule has 0 aliphatic carbocycles. The summed E-state index contributed by atoms with van der Waals surface area (Å²) in [5.74, 6) is 0.920. The van der Waals surface area contributed by atoms with E-state index in [1.807, 2.05) is 24.3 Å². The van der Waals surface area contributed by atoms with Gasteiger partial charge in [0.05, 0.1) is 11.3 Å². The number of halogens is 1. The van der Waals surface area contributed by atoms with Gasteiger partial charge in [-0.25, -0.2) is 4.79 Å². The number of ether oxygens (including phenoxy) is 2. The van der Waals surface area contributed by atoms with Crippen molar-refractivity contribution in [3.63, 3.8) is 0 Å². The van der Waals surface area contributed by atoms with Gasteiger partial charge in [0.15, 0.2) is 11.5 Å². The quantitative estimate of drug-likeness (QED) is 0.519. The Kier molecular flexibility index (Phi) is 6.19. The number of amides is 3. The molecule has 1 aromatic heterocycles. The Morgan fingerprint density at radius 3 is 2.70 bits per heavy atom. The van der Waals surface area contributed by atoms with Crippen LogP contribution in [0.25, 0.3) is 11.5 Å². The number of carbonyl (C=O) groups is 2. The Morgan fingerprint density at radius 2 is 1.87 bits per heavy atom. The van der Waals surface area contributed by atoms with Crippen LogP contribution in [0.1, 0.15) is 0 Å². The lowest BCUT2D eigenvalue weighted by Gasteiger charge is -2.19. The van der Waals surface area contributed by atoms with Gasteiger partial charge in [0.1, 0.15) is 13.2 Å². The molecule has 9 nitrogen and oxygen atoms in total. The number of nitrogens with one attached hydrogen (secondary N) is 2. The molecule has 30 heavy (non-hydrogen) atoms. The molecule has 0 spiro atoms. The Hall–Kier alpha value is -3.05. The Morgan fingerprint density at radius 1 is 1.07 bits per heavy atom. The molecule has 2 aromatic carbocycles. The Bertz CT molecular complexity index is 1090. The summed E-state index contributed by atoms with van der Waals surface area (Å²) in [6.07, 6.45) is 0. The highest BCUT2D eigenvalue weighted by atomic mass is 79.9. The van der Waals surface area contributed by atoms with Gasteiger partial charge in [-0.3, -0.25) is 10.1 Å². The lowest BCUT2D eigenvalue weighted by atomic mass is 10.2. The first-order valence-corrected chi connectivity index (χ1v) is 10.6. The van der Waals surface area contributed by atoms with Gasteiger partial charge in [0.2, 0.25) is 11.8 Å². The number of nitrogens with zero attached hydrogens (tertiary/aromatic N) is 2. The van der Waals surface area contributed by atoms with E-state index in [1.165, 1.54) is 0 Å². The zero-order chi connectivity index (χ0) is 20.9. The molecule has 0 bridgehead atoms. The summed E-state index contributed by atoms with van der Waals surface area (Å²) in [7, 11) is 0. The SMILES string of the molecule is O=C(CSc1nnc(-c2ccccc2Br)o1)NC(=O)Nc1ccc2c(c1)OCCO2. The second kappa shape index (κ2) is 9.18. The largest absolute Gasteiger partial charge is 0.486 e. The highest BCUT2D eigenvalue weighted by Crippen LogP contribution is 2.32. The van der Waals surface area contributed by atoms with Crippen LogP contribution >= 0.6 is 27.7 Å². The zero-order valence-corrected chi connectivity index (χ0v) is 17.8. The van der Waals surface area contributed by atoms with E-state index in [0.717, 1.165) is 21.8 Å². The molecule has 11 heteroatoms. The fraction of sp³-hybridized carbons (Fsp3) is 0.158. The van der Waals surface area contributed by atoms with Gasteiger partial charge in [-0.15, -0.1) is 10.2 Å². The first-order chi connectivity index (χ1) is 14.6. The molecule has 2 N–H and O–H groups in total. The fourth-order valence-corrected chi connectivity index (χ4v) is 3.60. The summed E-state index contributed by atoms with van der Waals surface area (Å²) >= 11 is 4.45. The van der Waals surface area contributed by atoms with E-state index in [0.29, 0.717) is 36.3 Å². The van der Waals surface area contributed by atoms with Crippen molar-refractivity contribution in [1.82, 2.24) is 15.5 Å². The molecule has 0 unspecified atom stereocenters. The van der Waals surface area contributed by atoms with E-state index >= 15 is 0 Å². The normalized spacial score (nSPS) is 12.3. The Balaban J connectivity index is 1.28. The number of imide groups is 1. The van der Waals surface area contributed by atoms with Gasteiger partial charge >= 0.3 is 6.03 Å². The smallest absolute Gasteiger partial charge is 0.325 e. The van der Waals surface area contributed by atoms with Crippen molar-refractivity contribution < 1.29 is 23.5 Å². The van der Waals surface area contributed by atoms with E-state index in [1.54, 1.807) is 18.2 Å². The number of carbonyl (C=O) groups excluding carboxylic acids is 2. The summed E-state index contributed by atoms with van der Waals surface area (Å²) in [5, 5.41) is 12.9. The average Bonchev–Trinajstić information content (AvgIpc) is 3.21.